The Balaban J connectivity index is 0.00000325. The number of allylic oxidation sites excluding steroid dienone is 6. The summed E-state index contributed by atoms with van der Waals surface area (Å²) in [6, 6.07) is 51.5. The first-order valence-electron chi connectivity index (χ1n) is 15.4. The fourth-order valence-electron chi connectivity index (χ4n) is 6.63. The summed E-state index contributed by atoms with van der Waals surface area (Å²) >= 11 is 0. The van der Waals surface area contributed by atoms with Gasteiger partial charge in [0, 0.05) is 11.7 Å². The maximum absolute atomic E-state index is 3.82. The number of hydrogen-bond acceptors (Lipinski definition) is 2. The SMILES string of the molecule is [U+3].[c-]1ccccc1N(c1[c-]c(N2c3[c-]cc(C4=CC=CCC4)cc3C3=CC(c4ccccc4)=CCC32)ccc1)c1ccccc1. The second-order valence-corrected chi connectivity index (χ2v) is 11.4. The van der Waals surface area contributed by atoms with Crippen LogP contribution in [0, 0.1) is 49.3 Å². The van der Waals surface area contributed by atoms with Crippen molar-refractivity contribution in [2.45, 2.75) is 25.3 Å². The van der Waals surface area contributed by atoms with E-state index in [4.69, 9.17) is 0 Å². The molecule has 3 aliphatic rings. The van der Waals surface area contributed by atoms with E-state index in [9.17, 15) is 0 Å². The molecule has 0 saturated carbocycles. The summed E-state index contributed by atoms with van der Waals surface area (Å²) in [5.41, 5.74) is 13.0. The van der Waals surface area contributed by atoms with Crippen molar-refractivity contribution in [1.82, 2.24) is 0 Å². The predicted molar refractivity (Wildman–Crippen MR) is 183 cm³/mol. The molecule has 0 spiro atoms. The van der Waals surface area contributed by atoms with Gasteiger partial charge in [-0.25, -0.2) is 0 Å². The van der Waals surface area contributed by atoms with Gasteiger partial charge in [-0.3, -0.25) is 0 Å². The van der Waals surface area contributed by atoms with Gasteiger partial charge in [-0.05, 0) is 42.5 Å². The van der Waals surface area contributed by atoms with Crippen molar-refractivity contribution >= 4 is 45.2 Å². The third kappa shape index (κ3) is 5.68. The number of para-hydroxylation sites is 2. The molecule has 0 N–H and O–H groups in total. The number of hydrogen-bond donors (Lipinski definition) is 0. The quantitative estimate of drug-likeness (QED) is 0.158. The van der Waals surface area contributed by atoms with E-state index in [1.54, 1.807) is 0 Å². The Morgan fingerprint density at radius 3 is 2.36 bits per heavy atom. The largest absolute Gasteiger partial charge is 3.00 e. The van der Waals surface area contributed by atoms with Gasteiger partial charge in [0.1, 0.15) is 0 Å². The molecule has 8 rings (SSSR count). The fourth-order valence-corrected chi connectivity index (χ4v) is 6.63. The zero-order valence-electron chi connectivity index (χ0n) is 24.9. The Bertz CT molecular complexity index is 1900. The normalized spacial score (nSPS) is 16.5. The molecular formula is C42H31N2U. The standard InChI is InChI=1S/C42H31N2.U/c1-5-14-31(15-6-1)33-24-26-41-39(28-33)40-29-34(32-16-7-2-8-17-32)25-27-42(40)44(41)38-23-13-22-37(30-38)43(35-18-9-3-10-19-35)36-20-11-4-12-21-36;/h1-7,9-16,18-20,22-25,28-29,41H,8,17,26H2;/q-3;+3. The zero-order valence-corrected chi connectivity index (χ0v) is 29.1. The summed E-state index contributed by atoms with van der Waals surface area (Å²) < 4.78 is 0. The van der Waals surface area contributed by atoms with Crippen LogP contribution in [0.5, 0.6) is 0 Å². The van der Waals surface area contributed by atoms with Crippen molar-refractivity contribution in [2.24, 2.45) is 0 Å². The molecule has 1 heterocycles. The molecular weight excluding hydrogens is 771 g/mol. The minimum atomic E-state index is 0. The summed E-state index contributed by atoms with van der Waals surface area (Å²) in [6.07, 6.45) is 14.5. The number of fused-ring (bicyclic) bond motifs is 3. The predicted octanol–water partition coefficient (Wildman–Crippen LogP) is 10.7. The van der Waals surface area contributed by atoms with E-state index in [1.165, 1.54) is 33.4 Å². The molecule has 1 atom stereocenters. The van der Waals surface area contributed by atoms with Crippen LogP contribution < -0.4 is 9.80 Å². The van der Waals surface area contributed by atoms with Crippen molar-refractivity contribution in [2.75, 3.05) is 9.80 Å². The minimum absolute atomic E-state index is 0. The van der Waals surface area contributed by atoms with Gasteiger partial charge in [-0.15, -0.1) is 35.4 Å². The van der Waals surface area contributed by atoms with Crippen LogP contribution in [0.4, 0.5) is 28.4 Å². The van der Waals surface area contributed by atoms with Gasteiger partial charge < -0.3 is 9.80 Å². The molecule has 0 aromatic heterocycles. The first-order valence-corrected chi connectivity index (χ1v) is 15.4. The molecule has 1 radical (unpaired) electrons. The number of nitrogens with zero attached hydrogens (tertiary/aromatic N) is 2. The van der Waals surface area contributed by atoms with E-state index >= 15 is 0 Å². The molecule has 5 aromatic rings. The Morgan fingerprint density at radius 1 is 0.778 bits per heavy atom. The Morgan fingerprint density at radius 2 is 1.58 bits per heavy atom. The Labute approximate surface area is 290 Å². The summed E-state index contributed by atoms with van der Waals surface area (Å²) in [5, 5.41) is 0. The Kier molecular flexibility index (Phi) is 8.49. The molecule has 2 nitrogen and oxygen atoms in total. The monoisotopic (exact) mass is 801 g/mol. The van der Waals surface area contributed by atoms with Crippen LogP contribution in [0.15, 0.2) is 146 Å². The van der Waals surface area contributed by atoms with Crippen LogP contribution in [-0.2, 0) is 0 Å². The molecule has 0 bridgehead atoms. The number of benzene rings is 5. The minimum Gasteiger partial charge on any atom is -0.381 e. The maximum atomic E-state index is 3.82. The molecule has 45 heavy (non-hydrogen) atoms. The van der Waals surface area contributed by atoms with Gasteiger partial charge in [0.15, 0.2) is 0 Å². The number of rotatable bonds is 6. The van der Waals surface area contributed by atoms with Crippen LogP contribution in [0.3, 0.4) is 0 Å². The van der Waals surface area contributed by atoms with Crippen molar-refractivity contribution in [3.8, 4) is 0 Å². The zero-order chi connectivity index (χ0) is 29.3. The van der Waals surface area contributed by atoms with Gasteiger partial charge in [0.2, 0.25) is 0 Å². The van der Waals surface area contributed by atoms with Crippen LogP contribution in [0.25, 0.3) is 16.7 Å². The Hall–Kier alpha value is -4.29. The topological polar surface area (TPSA) is 6.48 Å². The van der Waals surface area contributed by atoms with Gasteiger partial charge in [-0.1, -0.05) is 113 Å². The van der Waals surface area contributed by atoms with Crippen molar-refractivity contribution in [3.63, 3.8) is 0 Å². The molecule has 0 saturated heterocycles. The maximum Gasteiger partial charge on any atom is 3.00 e. The van der Waals surface area contributed by atoms with Crippen molar-refractivity contribution in [3.05, 3.63) is 181 Å². The molecule has 1 unspecified atom stereocenters. The molecule has 0 fully saturated rings. The second-order valence-electron chi connectivity index (χ2n) is 11.4. The molecule has 5 aromatic carbocycles. The summed E-state index contributed by atoms with van der Waals surface area (Å²) in [4.78, 5) is 4.67. The van der Waals surface area contributed by atoms with E-state index in [2.05, 4.69) is 162 Å². The van der Waals surface area contributed by atoms with Crippen molar-refractivity contribution in [1.29, 1.82) is 0 Å². The van der Waals surface area contributed by atoms with Gasteiger partial charge >= 0.3 is 31.1 Å². The van der Waals surface area contributed by atoms with E-state index in [-0.39, 0.29) is 37.2 Å². The molecule has 1 aliphatic heterocycles. The summed E-state index contributed by atoms with van der Waals surface area (Å²) in [5.74, 6) is 0. The van der Waals surface area contributed by atoms with Gasteiger partial charge in [-0.2, -0.15) is 48.5 Å². The number of anilines is 5. The van der Waals surface area contributed by atoms with E-state index in [0.717, 1.165) is 47.7 Å². The van der Waals surface area contributed by atoms with Gasteiger partial charge in [0.05, 0.1) is 0 Å². The van der Waals surface area contributed by atoms with Crippen LogP contribution in [-0.4, -0.2) is 6.04 Å². The third-order valence-corrected chi connectivity index (χ3v) is 8.72. The second kappa shape index (κ2) is 13.0. The molecule has 3 heteroatoms. The van der Waals surface area contributed by atoms with E-state index in [1.807, 2.05) is 12.1 Å². The first-order chi connectivity index (χ1) is 21.8. The van der Waals surface area contributed by atoms with Crippen LogP contribution in [0.1, 0.15) is 36.0 Å². The smallest absolute Gasteiger partial charge is 0.381 e. The molecule has 213 valence electrons. The van der Waals surface area contributed by atoms with Crippen LogP contribution in [0.2, 0.25) is 0 Å². The van der Waals surface area contributed by atoms with Crippen molar-refractivity contribution < 1.29 is 31.1 Å². The summed E-state index contributed by atoms with van der Waals surface area (Å²) in [6.45, 7) is 0. The third-order valence-electron chi connectivity index (χ3n) is 8.72. The molecule has 0 amide bonds. The van der Waals surface area contributed by atoms with E-state index in [0.29, 0.717) is 0 Å². The van der Waals surface area contributed by atoms with Gasteiger partial charge in [0.25, 0.3) is 0 Å². The molecule has 2 aliphatic carbocycles. The average molecular weight is 802 g/mol. The van der Waals surface area contributed by atoms with Crippen LogP contribution >= 0.6 is 0 Å². The first kappa shape index (κ1) is 29.4. The fraction of sp³-hybridized carbons (Fsp3) is 0.0952. The van der Waals surface area contributed by atoms with E-state index < -0.39 is 0 Å². The average Bonchev–Trinajstić information content (AvgIpc) is 3.43. The summed E-state index contributed by atoms with van der Waals surface area (Å²) in [7, 11) is 0.